The van der Waals surface area contributed by atoms with E-state index in [1.165, 1.54) is 0 Å². The number of anilines is 1. The van der Waals surface area contributed by atoms with Crippen molar-refractivity contribution in [1.29, 1.82) is 0 Å². The SMILES string of the molecule is COc1c(C)cccc1C(=O)Nc1ncc(I)cc1C. The highest BCUT2D eigenvalue weighted by atomic mass is 127. The molecule has 4 nitrogen and oxygen atoms in total. The number of carbonyl (C=O) groups is 1. The van der Waals surface area contributed by atoms with E-state index in [1.54, 1.807) is 19.4 Å². The number of nitrogens with zero attached hydrogens (tertiary/aromatic N) is 1. The van der Waals surface area contributed by atoms with Crippen molar-refractivity contribution in [3.63, 3.8) is 0 Å². The van der Waals surface area contributed by atoms with Crippen LogP contribution in [0.5, 0.6) is 5.75 Å². The van der Waals surface area contributed by atoms with Crippen LogP contribution in [0.4, 0.5) is 5.82 Å². The maximum Gasteiger partial charge on any atom is 0.260 e. The van der Waals surface area contributed by atoms with Crippen molar-refractivity contribution in [3.05, 3.63) is 50.7 Å². The van der Waals surface area contributed by atoms with Crippen LogP contribution in [0, 0.1) is 17.4 Å². The predicted molar refractivity (Wildman–Crippen MR) is 87.4 cm³/mol. The van der Waals surface area contributed by atoms with Gasteiger partial charge in [-0.15, -0.1) is 0 Å². The zero-order valence-corrected chi connectivity index (χ0v) is 13.7. The molecule has 0 spiro atoms. The first kappa shape index (κ1) is 14.8. The number of carbonyl (C=O) groups excluding carboxylic acids is 1. The van der Waals surface area contributed by atoms with Gasteiger partial charge < -0.3 is 10.1 Å². The van der Waals surface area contributed by atoms with E-state index in [4.69, 9.17) is 4.74 Å². The van der Waals surface area contributed by atoms with Crippen LogP contribution in [-0.4, -0.2) is 18.0 Å². The molecule has 1 amide bonds. The first-order chi connectivity index (χ1) is 9.52. The summed E-state index contributed by atoms with van der Waals surface area (Å²) in [7, 11) is 1.56. The molecular weight excluding hydrogens is 367 g/mol. The van der Waals surface area contributed by atoms with Gasteiger partial charge in [0.05, 0.1) is 12.7 Å². The number of nitrogens with one attached hydrogen (secondary N) is 1. The lowest BCUT2D eigenvalue weighted by atomic mass is 10.1. The third kappa shape index (κ3) is 3.09. The summed E-state index contributed by atoms with van der Waals surface area (Å²) in [6.07, 6.45) is 1.72. The van der Waals surface area contributed by atoms with Crippen LogP contribution in [0.15, 0.2) is 30.5 Å². The minimum atomic E-state index is -0.220. The molecule has 0 bridgehead atoms. The molecule has 0 atom stereocenters. The van der Waals surface area contributed by atoms with E-state index in [2.05, 4.69) is 32.9 Å². The fourth-order valence-electron chi connectivity index (χ4n) is 1.95. The van der Waals surface area contributed by atoms with E-state index >= 15 is 0 Å². The monoisotopic (exact) mass is 382 g/mol. The quantitative estimate of drug-likeness (QED) is 0.826. The molecule has 5 heteroatoms. The summed E-state index contributed by atoms with van der Waals surface area (Å²) in [5, 5.41) is 2.82. The molecule has 1 heterocycles. The zero-order valence-electron chi connectivity index (χ0n) is 11.5. The summed E-state index contributed by atoms with van der Waals surface area (Å²) < 4.78 is 6.34. The second-order valence-corrected chi connectivity index (χ2v) is 5.67. The van der Waals surface area contributed by atoms with Crippen molar-refractivity contribution in [2.45, 2.75) is 13.8 Å². The number of hydrogen-bond donors (Lipinski definition) is 1. The molecule has 0 aliphatic heterocycles. The van der Waals surface area contributed by atoms with E-state index in [1.807, 2.05) is 32.0 Å². The Kier molecular flexibility index (Phi) is 4.59. The van der Waals surface area contributed by atoms with E-state index < -0.39 is 0 Å². The highest BCUT2D eigenvalue weighted by molar-refractivity contribution is 14.1. The molecular formula is C15H15IN2O2. The summed E-state index contributed by atoms with van der Waals surface area (Å²) in [4.78, 5) is 16.6. The largest absolute Gasteiger partial charge is 0.496 e. The summed E-state index contributed by atoms with van der Waals surface area (Å²) in [6, 6.07) is 7.45. The number of methoxy groups -OCH3 is 1. The number of hydrogen-bond acceptors (Lipinski definition) is 3. The normalized spacial score (nSPS) is 10.2. The number of pyridine rings is 1. The molecule has 2 rings (SSSR count). The molecule has 0 saturated carbocycles. The number of ether oxygens (including phenoxy) is 1. The topological polar surface area (TPSA) is 51.2 Å². The Hall–Kier alpha value is -1.63. The average molecular weight is 382 g/mol. The number of amides is 1. The van der Waals surface area contributed by atoms with Crippen molar-refractivity contribution in [3.8, 4) is 5.75 Å². The fourth-order valence-corrected chi connectivity index (χ4v) is 2.55. The van der Waals surface area contributed by atoms with Crippen molar-refractivity contribution in [1.82, 2.24) is 4.98 Å². The van der Waals surface area contributed by atoms with Gasteiger partial charge in [0.2, 0.25) is 0 Å². The van der Waals surface area contributed by atoms with Crippen LogP contribution in [0.3, 0.4) is 0 Å². The molecule has 0 saturated heterocycles. The fraction of sp³-hybridized carbons (Fsp3) is 0.200. The Labute approximate surface area is 131 Å². The molecule has 0 unspecified atom stereocenters. The maximum absolute atomic E-state index is 12.4. The summed E-state index contributed by atoms with van der Waals surface area (Å²) in [5.41, 5.74) is 2.36. The van der Waals surface area contributed by atoms with Gasteiger partial charge in [-0.2, -0.15) is 0 Å². The lowest BCUT2D eigenvalue weighted by Crippen LogP contribution is -2.15. The van der Waals surface area contributed by atoms with Gasteiger partial charge in [0.15, 0.2) is 0 Å². The van der Waals surface area contributed by atoms with Gasteiger partial charge in [-0.25, -0.2) is 4.98 Å². The zero-order chi connectivity index (χ0) is 14.7. The Balaban J connectivity index is 2.31. The molecule has 0 aliphatic rings. The van der Waals surface area contributed by atoms with Gasteiger partial charge in [0.25, 0.3) is 5.91 Å². The van der Waals surface area contributed by atoms with Crippen LogP contribution in [-0.2, 0) is 0 Å². The number of rotatable bonds is 3. The molecule has 1 aromatic carbocycles. The van der Waals surface area contributed by atoms with Gasteiger partial charge in [0.1, 0.15) is 11.6 Å². The molecule has 0 aliphatic carbocycles. The van der Waals surface area contributed by atoms with Crippen molar-refractivity contribution < 1.29 is 9.53 Å². The Morgan fingerprint density at radius 3 is 2.70 bits per heavy atom. The van der Waals surface area contributed by atoms with E-state index in [9.17, 15) is 4.79 Å². The first-order valence-electron chi connectivity index (χ1n) is 6.10. The molecule has 104 valence electrons. The predicted octanol–water partition coefficient (Wildman–Crippen LogP) is 3.56. The van der Waals surface area contributed by atoms with Crippen LogP contribution < -0.4 is 10.1 Å². The molecule has 0 radical (unpaired) electrons. The summed E-state index contributed by atoms with van der Waals surface area (Å²) in [6.45, 7) is 3.82. The third-order valence-electron chi connectivity index (χ3n) is 2.94. The van der Waals surface area contributed by atoms with Gasteiger partial charge >= 0.3 is 0 Å². The lowest BCUT2D eigenvalue weighted by molar-refractivity contribution is 0.102. The van der Waals surface area contributed by atoms with Crippen molar-refractivity contribution in [2.24, 2.45) is 0 Å². The second kappa shape index (κ2) is 6.21. The summed E-state index contributed by atoms with van der Waals surface area (Å²) >= 11 is 2.19. The molecule has 0 fully saturated rings. The van der Waals surface area contributed by atoms with E-state index in [-0.39, 0.29) is 5.91 Å². The van der Waals surface area contributed by atoms with Gasteiger partial charge in [-0.3, -0.25) is 4.79 Å². The lowest BCUT2D eigenvalue weighted by Gasteiger charge is -2.12. The number of aromatic nitrogens is 1. The standard InChI is InChI=1S/C15H15IN2O2/c1-9-5-4-6-12(13(9)20-3)15(19)18-14-10(2)7-11(16)8-17-14/h4-8H,1-3H3,(H,17,18,19). The van der Waals surface area contributed by atoms with Crippen LogP contribution in [0.2, 0.25) is 0 Å². The number of benzene rings is 1. The minimum absolute atomic E-state index is 0.220. The molecule has 1 N–H and O–H groups in total. The second-order valence-electron chi connectivity index (χ2n) is 4.43. The van der Waals surface area contributed by atoms with E-state index in [0.29, 0.717) is 17.1 Å². The molecule has 1 aromatic heterocycles. The first-order valence-corrected chi connectivity index (χ1v) is 7.18. The Morgan fingerprint density at radius 2 is 2.05 bits per heavy atom. The van der Waals surface area contributed by atoms with Crippen LogP contribution in [0.25, 0.3) is 0 Å². The molecule has 2 aromatic rings. The van der Waals surface area contributed by atoms with Gasteiger partial charge in [-0.05, 0) is 59.7 Å². The number of halogens is 1. The maximum atomic E-state index is 12.4. The highest BCUT2D eigenvalue weighted by Gasteiger charge is 2.15. The van der Waals surface area contributed by atoms with Gasteiger partial charge in [-0.1, -0.05) is 12.1 Å². The summed E-state index contributed by atoms with van der Waals surface area (Å²) in [5.74, 6) is 0.939. The van der Waals surface area contributed by atoms with Crippen molar-refractivity contribution >= 4 is 34.3 Å². The third-order valence-corrected chi connectivity index (χ3v) is 3.53. The van der Waals surface area contributed by atoms with Crippen LogP contribution in [0.1, 0.15) is 21.5 Å². The Morgan fingerprint density at radius 1 is 1.30 bits per heavy atom. The Bertz CT molecular complexity index is 656. The highest BCUT2D eigenvalue weighted by Crippen LogP contribution is 2.24. The van der Waals surface area contributed by atoms with E-state index in [0.717, 1.165) is 14.7 Å². The smallest absolute Gasteiger partial charge is 0.260 e. The number of aryl methyl sites for hydroxylation is 2. The van der Waals surface area contributed by atoms with Gasteiger partial charge in [0, 0.05) is 9.77 Å². The number of para-hydroxylation sites is 1. The minimum Gasteiger partial charge on any atom is -0.496 e. The average Bonchev–Trinajstić information content (AvgIpc) is 2.41. The van der Waals surface area contributed by atoms with Crippen LogP contribution >= 0.6 is 22.6 Å². The van der Waals surface area contributed by atoms with Crippen molar-refractivity contribution in [2.75, 3.05) is 12.4 Å². The molecule has 20 heavy (non-hydrogen) atoms.